The molecule has 1 atom stereocenters. The number of urea groups is 1. The number of halogens is 4. The minimum absolute atomic E-state index is 0.0227. The molecule has 0 bridgehead atoms. The number of hydrogen-bond acceptors (Lipinski definition) is 4. The number of fused-ring (bicyclic) bond motifs is 1. The van der Waals surface area contributed by atoms with Gasteiger partial charge in [-0.25, -0.2) is 18.0 Å². The molecule has 1 aliphatic rings. The first kappa shape index (κ1) is 23.1. The van der Waals surface area contributed by atoms with Crippen LogP contribution in [0.15, 0.2) is 42.5 Å². The van der Waals surface area contributed by atoms with Crippen molar-refractivity contribution in [1.82, 2.24) is 14.7 Å². The molecule has 4 rings (SSSR count). The van der Waals surface area contributed by atoms with Crippen LogP contribution in [-0.2, 0) is 6.54 Å². The van der Waals surface area contributed by atoms with Crippen LogP contribution in [0.1, 0.15) is 27.7 Å². The summed E-state index contributed by atoms with van der Waals surface area (Å²) in [6.45, 7) is -0.623. The average Bonchev–Trinajstić information content (AvgIpc) is 3.20. The van der Waals surface area contributed by atoms with E-state index in [1.54, 1.807) is 0 Å². The van der Waals surface area contributed by atoms with Gasteiger partial charge in [-0.05, 0) is 42.5 Å². The average molecular weight is 489 g/mol. The van der Waals surface area contributed by atoms with Gasteiger partial charge in [-0.2, -0.15) is 10.4 Å². The van der Waals surface area contributed by atoms with Crippen molar-refractivity contribution in [3.8, 4) is 17.3 Å². The number of nitrogens with two attached hydrogens (primary N) is 1. The summed E-state index contributed by atoms with van der Waals surface area (Å²) in [5.41, 5.74) is 6.33. The number of carbonyl (C=O) groups excluding carboxylic acids is 2. The Bertz CT molecular complexity index is 1320. The molecular formula is C22H16ClF3N6O2. The molecule has 12 heteroatoms. The van der Waals surface area contributed by atoms with E-state index in [0.717, 1.165) is 15.6 Å². The molecule has 174 valence electrons. The molecule has 3 aromatic rings. The molecule has 3 N–H and O–H groups in total. The van der Waals surface area contributed by atoms with Gasteiger partial charge in [-0.1, -0.05) is 11.6 Å². The van der Waals surface area contributed by atoms with Crippen LogP contribution >= 0.6 is 11.6 Å². The highest BCUT2D eigenvalue weighted by Gasteiger charge is 2.38. The molecule has 0 spiro atoms. The zero-order valence-electron chi connectivity index (χ0n) is 17.3. The van der Waals surface area contributed by atoms with Gasteiger partial charge in [-0.3, -0.25) is 9.48 Å². The quantitative estimate of drug-likeness (QED) is 0.573. The lowest BCUT2D eigenvalue weighted by Gasteiger charge is -2.33. The summed E-state index contributed by atoms with van der Waals surface area (Å²) in [6, 6.07) is 9.26. The summed E-state index contributed by atoms with van der Waals surface area (Å²) in [6.07, 6.45) is -2.92. The van der Waals surface area contributed by atoms with Crippen LogP contribution in [0.2, 0.25) is 5.02 Å². The summed E-state index contributed by atoms with van der Waals surface area (Å²) < 4.78 is 42.5. The van der Waals surface area contributed by atoms with Crippen molar-refractivity contribution >= 4 is 29.2 Å². The van der Waals surface area contributed by atoms with Crippen molar-refractivity contribution in [3.05, 3.63) is 70.1 Å². The second kappa shape index (κ2) is 9.07. The van der Waals surface area contributed by atoms with E-state index in [-0.39, 0.29) is 34.1 Å². The van der Waals surface area contributed by atoms with E-state index in [1.807, 2.05) is 6.07 Å². The van der Waals surface area contributed by atoms with Gasteiger partial charge in [0.2, 0.25) is 0 Å². The minimum atomic E-state index is -2.92. The molecular weight excluding hydrogens is 473 g/mol. The van der Waals surface area contributed by atoms with Gasteiger partial charge >= 0.3 is 6.03 Å². The van der Waals surface area contributed by atoms with E-state index in [1.165, 1.54) is 36.4 Å². The number of aromatic nitrogens is 2. The number of nitrogens with one attached hydrogen (secondary N) is 1. The number of hydrogen-bond donors (Lipinski definition) is 2. The van der Waals surface area contributed by atoms with Crippen molar-refractivity contribution < 1.29 is 22.8 Å². The Labute approximate surface area is 196 Å². The van der Waals surface area contributed by atoms with E-state index in [9.17, 15) is 22.8 Å². The zero-order chi connectivity index (χ0) is 24.6. The molecule has 8 nitrogen and oxygen atoms in total. The number of alkyl halides is 2. The Hall–Kier alpha value is -4.04. The normalized spacial score (nSPS) is 15.1. The first-order valence-corrected chi connectivity index (χ1v) is 10.3. The van der Waals surface area contributed by atoms with Gasteiger partial charge in [0.25, 0.3) is 12.3 Å². The van der Waals surface area contributed by atoms with Crippen LogP contribution in [0.4, 0.5) is 23.7 Å². The number of primary amides is 1. The predicted octanol–water partition coefficient (Wildman–Crippen LogP) is 4.17. The molecule has 0 saturated carbocycles. The van der Waals surface area contributed by atoms with Gasteiger partial charge in [0.05, 0.1) is 41.0 Å². The fraction of sp³-hybridized carbons (Fsp3) is 0.182. The number of anilines is 1. The van der Waals surface area contributed by atoms with E-state index in [2.05, 4.69) is 10.4 Å². The van der Waals surface area contributed by atoms with Gasteiger partial charge in [0, 0.05) is 11.3 Å². The molecule has 2 aromatic carbocycles. The lowest BCUT2D eigenvalue weighted by atomic mass is 10.0. The molecule has 2 heterocycles. The first-order valence-electron chi connectivity index (χ1n) is 9.90. The van der Waals surface area contributed by atoms with E-state index in [4.69, 9.17) is 22.6 Å². The maximum absolute atomic E-state index is 14.0. The van der Waals surface area contributed by atoms with Crippen molar-refractivity contribution in [2.45, 2.75) is 19.0 Å². The van der Waals surface area contributed by atoms with Crippen molar-refractivity contribution in [1.29, 1.82) is 5.26 Å². The number of carbonyl (C=O) groups is 2. The van der Waals surface area contributed by atoms with Crippen LogP contribution in [0.5, 0.6) is 0 Å². The van der Waals surface area contributed by atoms with Crippen LogP contribution in [0.25, 0.3) is 11.3 Å². The highest BCUT2D eigenvalue weighted by molar-refractivity contribution is 6.31. The first-order chi connectivity index (χ1) is 16.2. The van der Waals surface area contributed by atoms with Gasteiger partial charge < -0.3 is 16.0 Å². The topological polar surface area (TPSA) is 117 Å². The van der Waals surface area contributed by atoms with Crippen molar-refractivity contribution in [3.63, 3.8) is 0 Å². The molecule has 0 unspecified atom stereocenters. The third kappa shape index (κ3) is 4.27. The molecule has 0 fully saturated rings. The summed E-state index contributed by atoms with van der Waals surface area (Å²) in [4.78, 5) is 26.3. The molecule has 1 aromatic heterocycles. The Balaban J connectivity index is 1.72. The highest BCUT2D eigenvalue weighted by Crippen LogP contribution is 2.35. The SMILES string of the molecule is N#Cc1ccc(NC(=O)N2Cc3c(C(N)=O)c(-c4ccc(F)c(Cl)c4)nn3[C@@H](C(F)F)C2)cc1. The molecule has 0 aliphatic carbocycles. The van der Waals surface area contributed by atoms with Gasteiger partial charge in [-0.15, -0.1) is 0 Å². The Morgan fingerprint density at radius 2 is 1.94 bits per heavy atom. The predicted molar refractivity (Wildman–Crippen MR) is 117 cm³/mol. The van der Waals surface area contributed by atoms with Crippen molar-refractivity contribution in [2.75, 3.05) is 11.9 Å². The van der Waals surface area contributed by atoms with Crippen molar-refractivity contribution in [2.24, 2.45) is 5.73 Å². The molecule has 0 saturated heterocycles. The monoisotopic (exact) mass is 488 g/mol. The summed E-state index contributed by atoms with van der Waals surface area (Å²) in [5, 5.41) is 15.4. The molecule has 1 aliphatic heterocycles. The zero-order valence-corrected chi connectivity index (χ0v) is 18.1. The van der Waals surface area contributed by atoms with Gasteiger partial charge in [0.1, 0.15) is 17.6 Å². The summed E-state index contributed by atoms with van der Waals surface area (Å²) in [5.74, 6) is -1.65. The molecule has 0 radical (unpaired) electrons. The number of nitriles is 1. The van der Waals surface area contributed by atoms with E-state index >= 15 is 0 Å². The summed E-state index contributed by atoms with van der Waals surface area (Å²) >= 11 is 5.84. The largest absolute Gasteiger partial charge is 0.365 e. The smallest absolute Gasteiger partial charge is 0.322 e. The minimum Gasteiger partial charge on any atom is -0.365 e. The van der Waals surface area contributed by atoms with E-state index < -0.39 is 36.8 Å². The highest BCUT2D eigenvalue weighted by atomic mass is 35.5. The Kier molecular flexibility index (Phi) is 6.17. The standard InChI is InChI=1S/C22H16ClF3N6O2/c23-14-7-12(3-6-15(14)24)19-18(21(28)33)16-9-31(10-17(20(25)26)32(16)30-19)22(34)29-13-4-1-11(8-27)2-5-13/h1-7,17,20H,9-10H2,(H2,28,33)(H,29,34)/t17-/m1/s1. The van der Waals surface area contributed by atoms with Gasteiger partial charge in [0.15, 0.2) is 0 Å². The number of rotatable bonds is 4. The number of nitrogens with zero attached hydrogens (tertiary/aromatic N) is 4. The third-order valence-electron chi connectivity index (χ3n) is 5.35. The maximum atomic E-state index is 14.0. The fourth-order valence-corrected chi connectivity index (χ4v) is 3.90. The second-order valence-electron chi connectivity index (χ2n) is 7.51. The van der Waals surface area contributed by atoms with Crippen LogP contribution in [-0.4, -0.2) is 39.6 Å². The number of amides is 3. The maximum Gasteiger partial charge on any atom is 0.322 e. The van der Waals surface area contributed by atoms with Crippen LogP contribution < -0.4 is 11.1 Å². The fourth-order valence-electron chi connectivity index (χ4n) is 3.72. The summed E-state index contributed by atoms with van der Waals surface area (Å²) in [7, 11) is 0. The van der Waals surface area contributed by atoms with E-state index in [0.29, 0.717) is 11.3 Å². The second-order valence-corrected chi connectivity index (χ2v) is 7.92. The lowest BCUT2D eigenvalue weighted by molar-refractivity contribution is 0.0444. The number of benzene rings is 2. The Morgan fingerprint density at radius 1 is 1.24 bits per heavy atom. The Morgan fingerprint density at radius 3 is 2.53 bits per heavy atom. The third-order valence-corrected chi connectivity index (χ3v) is 5.64. The molecule has 3 amide bonds. The van der Waals surface area contributed by atoms with Crippen LogP contribution in [0.3, 0.4) is 0 Å². The molecule has 34 heavy (non-hydrogen) atoms. The lowest BCUT2D eigenvalue weighted by Crippen LogP contribution is -2.45. The van der Waals surface area contributed by atoms with Crippen LogP contribution in [0, 0.1) is 17.1 Å².